The number of thioether (sulfide) groups is 1. The number of phenols is 1. The van der Waals surface area contributed by atoms with E-state index >= 15 is 0 Å². The van der Waals surface area contributed by atoms with E-state index in [1.165, 1.54) is 23.9 Å². The van der Waals surface area contributed by atoms with Crippen LogP contribution in [-0.4, -0.2) is 92.9 Å². The lowest BCUT2D eigenvalue weighted by molar-refractivity contribution is -0.141. The van der Waals surface area contributed by atoms with Crippen molar-refractivity contribution in [1.82, 2.24) is 31.6 Å². The number of para-hydroxylation sites is 1. The summed E-state index contributed by atoms with van der Waals surface area (Å²) in [6.07, 6.45) is 0.977. The Kier molecular flexibility index (Phi) is 15.5. The van der Waals surface area contributed by atoms with E-state index < -0.39 is 60.2 Å². The second-order valence-electron chi connectivity index (χ2n) is 12.6. The molecule has 0 aliphatic heterocycles. The van der Waals surface area contributed by atoms with Gasteiger partial charge in [0.05, 0.1) is 12.2 Å². The van der Waals surface area contributed by atoms with Gasteiger partial charge in [-0.25, -0.2) is 0 Å². The van der Waals surface area contributed by atoms with Gasteiger partial charge in [-0.2, -0.15) is 11.8 Å². The molecular formula is C39H46N6O8S. The van der Waals surface area contributed by atoms with Crippen molar-refractivity contribution in [2.45, 2.75) is 63.7 Å². The van der Waals surface area contributed by atoms with E-state index in [0.717, 1.165) is 22.0 Å². The molecule has 1 heterocycles. The molecule has 1 aromatic heterocycles. The number of benzene rings is 3. The zero-order chi connectivity index (χ0) is 39.0. The van der Waals surface area contributed by atoms with Gasteiger partial charge >= 0.3 is 5.97 Å². The van der Waals surface area contributed by atoms with Gasteiger partial charge in [-0.1, -0.05) is 67.6 Å². The van der Waals surface area contributed by atoms with Gasteiger partial charge in [0, 0.05) is 42.9 Å². The molecular weight excluding hydrogens is 713 g/mol. The summed E-state index contributed by atoms with van der Waals surface area (Å²) in [5.41, 5.74) is 2.86. The number of H-pyrrole nitrogens is 1. The number of aromatic amines is 1. The van der Waals surface area contributed by atoms with E-state index in [4.69, 9.17) is 0 Å². The van der Waals surface area contributed by atoms with Crippen LogP contribution < -0.4 is 26.6 Å². The number of aromatic nitrogens is 1. The molecule has 3 unspecified atom stereocenters. The number of nitrogens with one attached hydrogen (secondary N) is 6. The average Bonchev–Trinajstić information content (AvgIpc) is 3.56. The number of aromatic hydroxyl groups is 1. The number of fused-ring (bicyclic) bond motifs is 1. The number of carboxylic acid groups (broad SMARTS) is 1. The van der Waals surface area contributed by atoms with Crippen molar-refractivity contribution in [2.75, 3.05) is 18.1 Å². The summed E-state index contributed by atoms with van der Waals surface area (Å²) in [7, 11) is 0. The molecule has 0 spiro atoms. The minimum Gasteiger partial charge on any atom is -0.508 e. The van der Waals surface area contributed by atoms with Crippen LogP contribution in [0.1, 0.15) is 37.0 Å². The maximum atomic E-state index is 14.0. The lowest BCUT2D eigenvalue weighted by atomic mass is 10.0. The second-order valence-corrected chi connectivity index (χ2v) is 13.8. The highest BCUT2D eigenvalue weighted by Gasteiger charge is 2.33. The number of hydrogen-bond donors (Lipinski definition) is 8. The number of aliphatic carboxylic acids is 1. The number of carbonyl (C=O) groups excluding carboxylic acids is 5. The third kappa shape index (κ3) is 12.4. The molecule has 0 radical (unpaired) electrons. The molecule has 4 atom stereocenters. The van der Waals surface area contributed by atoms with Crippen molar-refractivity contribution in [3.8, 4) is 5.75 Å². The van der Waals surface area contributed by atoms with Gasteiger partial charge < -0.3 is 41.8 Å². The topological polar surface area (TPSA) is 219 Å². The Labute approximate surface area is 317 Å². The van der Waals surface area contributed by atoms with Gasteiger partial charge in [-0.3, -0.25) is 28.8 Å². The fraction of sp³-hybridized carbons (Fsp3) is 0.333. The van der Waals surface area contributed by atoms with Crippen LogP contribution in [0.25, 0.3) is 10.9 Å². The van der Waals surface area contributed by atoms with Gasteiger partial charge in [0.1, 0.15) is 29.9 Å². The zero-order valence-electron chi connectivity index (χ0n) is 30.1. The van der Waals surface area contributed by atoms with Crippen LogP contribution in [0.15, 0.2) is 85.1 Å². The Morgan fingerprint density at radius 3 is 1.85 bits per heavy atom. The minimum atomic E-state index is -1.64. The van der Waals surface area contributed by atoms with E-state index in [2.05, 4.69) is 31.6 Å². The predicted molar refractivity (Wildman–Crippen MR) is 206 cm³/mol. The molecule has 3 aromatic carbocycles. The van der Waals surface area contributed by atoms with Crippen LogP contribution in [0.2, 0.25) is 0 Å². The van der Waals surface area contributed by atoms with Crippen molar-refractivity contribution in [3.63, 3.8) is 0 Å². The van der Waals surface area contributed by atoms with E-state index in [9.17, 15) is 39.0 Å². The smallest absolute Gasteiger partial charge is 0.305 e. The fourth-order valence-corrected chi connectivity index (χ4v) is 6.27. The van der Waals surface area contributed by atoms with Crippen molar-refractivity contribution in [1.29, 1.82) is 0 Å². The number of phenolic OH excluding ortho intramolecular Hbond substituents is 1. The average molecular weight is 759 g/mol. The van der Waals surface area contributed by atoms with Gasteiger partial charge in [-0.05, 0) is 47.6 Å². The van der Waals surface area contributed by atoms with Crippen molar-refractivity contribution in [3.05, 3.63) is 102 Å². The molecule has 0 aliphatic rings. The predicted octanol–water partition coefficient (Wildman–Crippen LogP) is 2.20. The lowest BCUT2D eigenvalue weighted by Crippen LogP contribution is -2.59. The summed E-state index contributed by atoms with van der Waals surface area (Å²) in [5, 5.41) is 33.7. The molecule has 5 amide bonds. The monoisotopic (exact) mass is 758 g/mol. The van der Waals surface area contributed by atoms with Crippen LogP contribution in [-0.2, 0) is 48.0 Å². The molecule has 54 heavy (non-hydrogen) atoms. The molecule has 4 rings (SSSR count). The molecule has 0 saturated heterocycles. The highest BCUT2D eigenvalue weighted by molar-refractivity contribution is 7.99. The Morgan fingerprint density at radius 2 is 1.22 bits per heavy atom. The Hall–Kier alpha value is -5.83. The van der Waals surface area contributed by atoms with Gasteiger partial charge in [-0.15, -0.1) is 0 Å². The van der Waals surface area contributed by atoms with Gasteiger partial charge in [0.15, 0.2) is 0 Å². The third-order valence-corrected chi connectivity index (χ3v) is 9.35. The molecule has 0 saturated carbocycles. The first-order valence-corrected chi connectivity index (χ1v) is 18.8. The van der Waals surface area contributed by atoms with Crippen LogP contribution in [0, 0.1) is 0 Å². The van der Waals surface area contributed by atoms with Crippen molar-refractivity contribution >= 4 is 58.2 Å². The zero-order valence-corrected chi connectivity index (χ0v) is 30.9. The standard InChI is InChI=1S/C39H46N6O8S/c1-3-40-36(50)32(20-26-22-41-29-13-9-8-12-28(26)29)44-39(53)33(21-35(48)49)45-38(52)31(19-25-14-16-27(46)17-15-25)43-37(51)30(42-34(47)23-54-4-2)18-24-10-6-5-7-11-24/h5-17,22,30-33,41,46H,3-4,18-21,23H2,1-2H3,(H,40,50)(H,42,47)(H,43,51)(H,44,53)(H,45,52)(H,48,49)/t30?,31?,32?,33-/m0/s1. The summed E-state index contributed by atoms with van der Waals surface area (Å²) in [5.74, 6) is -3.95. The molecule has 0 aliphatic carbocycles. The molecule has 4 aromatic rings. The van der Waals surface area contributed by atoms with E-state index in [0.29, 0.717) is 11.3 Å². The maximum absolute atomic E-state index is 14.0. The summed E-state index contributed by atoms with van der Waals surface area (Å²) in [4.78, 5) is 82.6. The molecule has 0 bridgehead atoms. The quantitative estimate of drug-likeness (QED) is 0.0662. The number of likely N-dealkylation sites (N-methyl/N-ethyl adjacent to an activating group) is 1. The third-order valence-electron chi connectivity index (χ3n) is 8.48. The Bertz CT molecular complexity index is 1900. The summed E-state index contributed by atoms with van der Waals surface area (Å²) in [6, 6.07) is 17.2. The first-order valence-electron chi connectivity index (χ1n) is 17.6. The number of hydrogen-bond acceptors (Lipinski definition) is 8. The highest BCUT2D eigenvalue weighted by atomic mass is 32.2. The molecule has 0 fully saturated rings. The van der Waals surface area contributed by atoms with Crippen LogP contribution in [0.4, 0.5) is 0 Å². The van der Waals surface area contributed by atoms with Gasteiger partial charge in [0.2, 0.25) is 29.5 Å². The van der Waals surface area contributed by atoms with Gasteiger partial charge in [0.25, 0.3) is 0 Å². The number of amides is 5. The van der Waals surface area contributed by atoms with E-state index in [1.54, 1.807) is 49.5 Å². The van der Waals surface area contributed by atoms with E-state index in [1.807, 2.05) is 37.3 Å². The first kappa shape index (κ1) is 40.9. The summed E-state index contributed by atoms with van der Waals surface area (Å²) >= 11 is 1.38. The van der Waals surface area contributed by atoms with Crippen LogP contribution >= 0.6 is 11.8 Å². The fourth-order valence-electron chi connectivity index (χ4n) is 5.79. The second kappa shape index (κ2) is 20.4. The minimum absolute atomic E-state index is 0.0214. The SMILES string of the molecule is CCNC(=O)C(Cc1c[nH]c2ccccc12)NC(=O)[C@H](CC(=O)O)NC(=O)C(Cc1ccc(O)cc1)NC(=O)C(Cc1ccccc1)NC(=O)CSCC. The highest BCUT2D eigenvalue weighted by Crippen LogP contribution is 2.19. The summed E-state index contributed by atoms with van der Waals surface area (Å²) in [6.45, 7) is 3.90. The number of rotatable bonds is 20. The first-order chi connectivity index (χ1) is 26.0. The molecule has 286 valence electrons. The number of carbonyl (C=O) groups is 6. The number of carboxylic acids is 1. The van der Waals surface area contributed by atoms with Crippen molar-refractivity contribution in [2.24, 2.45) is 0 Å². The largest absolute Gasteiger partial charge is 0.508 e. The Morgan fingerprint density at radius 1 is 0.667 bits per heavy atom. The summed E-state index contributed by atoms with van der Waals surface area (Å²) < 4.78 is 0. The molecule has 15 heteroatoms. The van der Waals surface area contributed by atoms with Crippen LogP contribution in [0.5, 0.6) is 5.75 Å². The maximum Gasteiger partial charge on any atom is 0.305 e. The van der Waals surface area contributed by atoms with Crippen molar-refractivity contribution < 1.29 is 39.0 Å². The lowest BCUT2D eigenvalue weighted by Gasteiger charge is -2.26. The molecule has 8 N–H and O–H groups in total. The molecule has 14 nitrogen and oxygen atoms in total. The van der Waals surface area contributed by atoms with Crippen LogP contribution in [0.3, 0.4) is 0 Å². The van der Waals surface area contributed by atoms with E-state index in [-0.39, 0.29) is 43.2 Å². The normalized spacial score (nSPS) is 13.1. The Balaban J connectivity index is 1.58.